The average Bonchev–Trinajstić information content (AvgIpc) is 3.24. The van der Waals surface area contributed by atoms with Crippen molar-refractivity contribution >= 4 is 22.9 Å². The summed E-state index contributed by atoms with van der Waals surface area (Å²) in [5, 5.41) is 5.04. The second-order valence-corrected chi connectivity index (χ2v) is 7.11. The number of nitrogens with one attached hydrogen (secondary N) is 1. The predicted molar refractivity (Wildman–Crippen MR) is 111 cm³/mol. The Hall–Kier alpha value is -3.65. The van der Waals surface area contributed by atoms with Crippen LogP contribution in [0.4, 0.5) is 5.69 Å². The number of benzene rings is 1. The van der Waals surface area contributed by atoms with Crippen molar-refractivity contribution in [3.8, 4) is 22.5 Å². The molecule has 3 aromatic heterocycles. The molecular weight excluding hydrogens is 386 g/mol. The van der Waals surface area contributed by atoms with E-state index in [4.69, 9.17) is 4.74 Å². The molecule has 1 N–H and O–H groups in total. The molecule has 0 aliphatic rings. The van der Waals surface area contributed by atoms with Gasteiger partial charge in [-0.2, -0.15) is 0 Å². The number of hydrogen-bond acceptors (Lipinski definition) is 7. The Morgan fingerprint density at radius 3 is 2.62 bits per heavy atom. The van der Waals surface area contributed by atoms with Gasteiger partial charge in [0, 0.05) is 23.8 Å². The van der Waals surface area contributed by atoms with Crippen LogP contribution >= 0.6 is 11.3 Å². The number of amides is 1. The predicted octanol–water partition coefficient (Wildman–Crippen LogP) is 4.66. The highest BCUT2D eigenvalue weighted by molar-refractivity contribution is 7.13. The van der Waals surface area contributed by atoms with Gasteiger partial charge in [-0.25, -0.2) is 19.9 Å². The van der Waals surface area contributed by atoms with E-state index in [2.05, 4.69) is 25.3 Å². The molecule has 0 saturated heterocycles. The van der Waals surface area contributed by atoms with Crippen molar-refractivity contribution in [1.82, 2.24) is 19.9 Å². The lowest BCUT2D eigenvalue weighted by atomic mass is 10.1. The standard InChI is InChI=1S/C21H17N5O2S/c1-13-5-3-6-17(14(13)2)28-18-8-7-15(11-24-18)25-20(27)16-12-29-21(26-16)19-22-9-4-10-23-19/h3-12H,1-2H3,(H,25,27). The van der Waals surface area contributed by atoms with Gasteiger partial charge < -0.3 is 10.1 Å². The topological polar surface area (TPSA) is 89.9 Å². The summed E-state index contributed by atoms with van der Waals surface area (Å²) in [7, 11) is 0. The molecule has 0 radical (unpaired) electrons. The maximum atomic E-state index is 12.5. The van der Waals surface area contributed by atoms with Crippen molar-refractivity contribution in [2.45, 2.75) is 13.8 Å². The van der Waals surface area contributed by atoms with Gasteiger partial charge in [0.15, 0.2) is 10.8 Å². The zero-order valence-electron chi connectivity index (χ0n) is 15.8. The van der Waals surface area contributed by atoms with Gasteiger partial charge in [-0.15, -0.1) is 11.3 Å². The molecule has 144 valence electrons. The van der Waals surface area contributed by atoms with E-state index in [1.165, 1.54) is 11.3 Å². The van der Waals surface area contributed by atoms with E-state index >= 15 is 0 Å². The highest BCUT2D eigenvalue weighted by atomic mass is 32.1. The van der Waals surface area contributed by atoms with Gasteiger partial charge in [-0.1, -0.05) is 12.1 Å². The Labute approximate surface area is 171 Å². The van der Waals surface area contributed by atoms with Crippen LogP contribution in [0.25, 0.3) is 10.8 Å². The molecule has 8 heteroatoms. The number of rotatable bonds is 5. The lowest BCUT2D eigenvalue weighted by Gasteiger charge is -2.10. The van der Waals surface area contributed by atoms with E-state index in [-0.39, 0.29) is 5.91 Å². The van der Waals surface area contributed by atoms with E-state index in [9.17, 15) is 4.79 Å². The molecule has 0 unspecified atom stereocenters. The van der Waals surface area contributed by atoms with E-state index in [0.29, 0.717) is 28.1 Å². The van der Waals surface area contributed by atoms with E-state index < -0.39 is 0 Å². The number of pyridine rings is 1. The Balaban J connectivity index is 1.43. The summed E-state index contributed by atoms with van der Waals surface area (Å²) >= 11 is 1.32. The molecule has 29 heavy (non-hydrogen) atoms. The van der Waals surface area contributed by atoms with Crippen LogP contribution in [0.2, 0.25) is 0 Å². The monoisotopic (exact) mass is 403 g/mol. The van der Waals surface area contributed by atoms with Crippen molar-refractivity contribution in [2.75, 3.05) is 5.32 Å². The van der Waals surface area contributed by atoms with E-state index in [1.807, 2.05) is 32.0 Å². The van der Waals surface area contributed by atoms with Crippen LogP contribution in [0.15, 0.2) is 60.4 Å². The third-order valence-electron chi connectivity index (χ3n) is 4.26. The molecule has 0 fully saturated rings. The van der Waals surface area contributed by atoms with Crippen LogP contribution in [-0.4, -0.2) is 25.8 Å². The van der Waals surface area contributed by atoms with Crippen LogP contribution in [0.3, 0.4) is 0 Å². The number of hydrogen-bond donors (Lipinski definition) is 1. The zero-order chi connectivity index (χ0) is 20.2. The first-order valence-electron chi connectivity index (χ1n) is 8.84. The molecule has 0 atom stereocenters. The second-order valence-electron chi connectivity index (χ2n) is 6.25. The fourth-order valence-corrected chi connectivity index (χ4v) is 3.29. The fraction of sp³-hybridized carbons (Fsp3) is 0.0952. The normalized spacial score (nSPS) is 10.6. The van der Waals surface area contributed by atoms with Crippen molar-refractivity contribution in [1.29, 1.82) is 0 Å². The minimum Gasteiger partial charge on any atom is -0.439 e. The molecule has 3 heterocycles. The van der Waals surface area contributed by atoms with Gasteiger partial charge in [0.2, 0.25) is 5.88 Å². The Morgan fingerprint density at radius 1 is 1.03 bits per heavy atom. The Kier molecular flexibility index (Phi) is 5.26. The molecule has 1 aromatic carbocycles. The number of aryl methyl sites for hydroxylation is 1. The van der Waals surface area contributed by atoms with Crippen LogP contribution in [0.1, 0.15) is 21.6 Å². The number of carbonyl (C=O) groups excluding carboxylic acids is 1. The Bertz CT molecular complexity index is 1140. The number of ether oxygens (including phenoxy) is 1. The molecule has 4 aromatic rings. The van der Waals surface area contributed by atoms with Crippen LogP contribution < -0.4 is 10.1 Å². The number of thiazole rings is 1. The maximum absolute atomic E-state index is 12.5. The van der Waals surface area contributed by atoms with Crippen molar-refractivity contribution in [3.05, 3.63) is 77.2 Å². The number of nitrogens with zero attached hydrogens (tertiary/aromatic N) is 4. The van der Waals surface area contributed by atoms with Gasteiger partial charge in [0.1, 0.15) is 11.4 Å². The summed E-state index contributed by atoms with van der Waals surface area (Å²) in [5.41, 5.74) is 3.06. The summed E-state index contributed by atoms with van der Waals surface area (Å²) in [6.07, 6.45) is 4.82. The minimum atomic E-state index is -0.326. The third kappa shape index (κ3) is 4.27. The molecular formula is C21H17N5O2S. The smallest absolute Gasteiger partial charge is 0.275 e. The van der Waals surface area contributed by atoms with Crippen molar-refractivity contribution in [2.24, 2.45) is 0 Å². The molecule has 0 spiro atoms. The Morgan fingerprint density at radius 2 is 1.86 bits per heavy atom. The minimum absolute atomic E-state index is 0.299. The first-order chi connectivity index (χ1) is 14.1. The van der Waals surface area contributed by atoms with Crippen LogP contribution in [0.5, 0.6) is 11.6 Å². The molecule has 0 aliphatic carbocycles. The van der Waals surface area contributed by atoms with Gasteiger partial charge >= 0.3 is 0 Å². The molecule has 1 amide bonds. The quantitative estimate of drug-likeness (QED) is 0.521. The van der Waals surface area contributed by atoms with Gasteiger partial charge in [-0.05, 0) is 43.2 Å². The van der Waals surface area contributed by atoms with Gasteiger partial charge in [-0.3, -0.25) is 4.79 Å². The van der Waals surface area contributed by atoms with Gasteiger partial charge in [0.25, 0.3) is 5.91 Å². The summed E-state index contributed by atoms with van der Waals surface area (Å²) in [6.45, 7) is 4.03. The first kappa shape index (κ1) is 18.7. The van der Waals surface area contributed by atoms with Crippen LogP contribution in [0, 0.1) is 13.8 Å². The maximum Gasteiger partial charge on any atom is 0.275 e. The highest BCUT2D eigenvalue weighted by Crippen LogP contribution is 2.26. The average molecular weight is 403 g/mol. The number of anilines is 1. The largest absolute Gasteiger partial charge is 0.439 e. The van der Waals surface area contributed by atoms with Gasteiger partial charge in [0.05, 0.1) is 11.9 Å². The second kappa shape index (κ2) is 8.15. The SMILES string of the molecule is Cc1cccc(Oc2ccc(NC(=O)c3csc(-c4ncccn4)n3)cn2)c1C. The number of carbonyl (C=O) groups is 1. The van der Waals surface area contributed by atoms with E-state index in [1.54, 1.807) is 42.2 Å². The van der Waals surface area contributed by atoms with Crippen LogP contribution in [-0.2, 0) is 0 Å². The lowest BCUT2D eigenvalue weighted by molar-refractivity contribution is 0.102. The fourth-order valence-electron chi connectivity index (χ4n) is 2.55. The molecule has 0 saturated carbocycles. The molecule has 7 nitrogen and oxygen atoms in total. The zero-order valence-corrected chi connectivity index (χ0v) is 16.6. The molecule has 0 bridgehead atoms. The van der Waals surface area contributed by atoms with E-state index in [0.717, 1.165) is 16.9 Å². The lowest BCUT2D eigenvalue weighted by Crippen LogP contribution is -2.12. The first-order valence-corrected chi connectivity index (χ1v) is 9.72. The number of aromatic nitrogens is 4. The molecule has 4 rings (SSSR count). The van der Waals surface area contributed by atoms with Crippen molar-refractivity contribution in [3.63, 3.8) is 0 Å². The molecule has 0 aliphatic heterocycles. The van der Waals surface area contributed by atoms with Crippen molar-refractivity contribution < 1.29 is 9.53 Å². The third-order valence-corrected chi connectivity index (χ3v) is 5.10. The summed E-state index contributed by atoms with van der Waals surface area (Å²) in [4.78, 5) is 29.3. The summed E-state index contributed by atoms with van der Waals surface area (Å²) in [6, 6.07) is 11.0. The summed E-state index contributed by atoms with van der Waals surface area (Å²) < 4.78 is 5.84. The highest BCUT2D eigenvalue weighted by Gasteiger charge is 2.14. The summed E-state index contributed by atoms with van der Waals surface area (Å²) in [5.74, 6) is 1.38.